The fourth-order valence-corrected chi connectivity index (χ4v) is 6.25. The van der Waals surface area contributed by atoms with Crippen molar-refractivity contribution in [1.82, 2.24) is 0 Å². The lowest BCUT2D eigenvalue weighted by Gasteiger charge is -2.69. The summed E-state index contributed by atoms with van der Waals surface area (Å²) in [5.41, 5.74) is -0.940. The van der Waals surface area contributed by atoms with E-state index in [1.165, 1.54) is 24.3 Å². The minimum absolute atomic E-state index is 0.0608. The predicted octanol–water partition coefficient (Wildman–Crippen LogP) is 4.92. The van der Waals surface area contributed by atoms with E-state index in [9.17, 15) is 27.1 Å². The average molecular weight is 420 g/mol. The van der Waals surface area contributed by atoms with E-state index in [0.29, 0.717) is 11.8 Å². The summed E-state index contributed by atoms with van der Waals surface area (Å²) >= 11 is 0. The molecule has 0 radical (unpaired) electrons. The minimum Gasteiger partial charge on any atom is -0.508 e. The number of aromatic hydroxyl groups is 1. The third-order valence-electron chi connectivity index (χ3n) is 7.26. The van der Waals surface area contributed by atoms with Crippen molar-refractivity contribution in [2.24, 2.45) is 23.7 Å². The van der Waals surface area contributed by atoms with Crippen LogP contribution >= 0.6 is 0 Å². The number of hydrogen-bond acceptors (Lipinski definition) is 4. The van der Waals surface area contributed by atoms with Gasteiger partial charge in [-0.3, -0.25) is 0 Å². The Morgan fingerprint density at radius 3 is 2.07 bits per heavy atom. The molecule has 6 rings (SSSR count). The average Bonchev–Trinajstić information content (AvgIpc) is 2.59. The van der Waals surface area contributed by atoms with Gasteiger partial charge in [-0.2, -0.15) is 26.8 Å². The SMILES string of the molecule is Oc1cccc(C2(OCC(F)(F)C(F)(F)F)OOC23C2CC4CC(C2)CC3C4)c1. The summed E-state index contributed by atoms with van der Waals surface area (Å²) in [5, 5.41) is 9.91. The number of phenolic OH excluding ortho intramolecular Hbond substituents is 1. The maximum Gasteiger partial charge on any atom is 0.455 e. The highest BCUT2D eigenvalue weighted by molar-refractivity contribution is 5.35. The third kappa shape index (κ3) is 2.59. The van der Waals surface area contributed by atoms with Crippen molar-refractivity contribution in [3.63, 3.8) is 0 Å². The van der Waals surface area contributed by atoms with E-state index < -0.39 is 30.1 Å². The number of alkyl halides is 5. The van der Waals surface area contributed by atoms with Crippen LogP contribution in [0, 0.1) is 23.7 Å². The van der Waals surface area contributed by atoms with Gasteiger partial charge in [0.1, 0.15) is 12.4 Å². The molecule has 160 valence electrons. The standard InChI is InChI=1S/C20H21F5O4/c21-17(22,20(23,24)25)10-27-19(13-2-1-3-16(26)9-13)18(28-29-19)14-5-11-4-12(7-14)8-15(18)6-11/h1-3,9,11-12,14-15,26H,4-8,10H2. The first-order chi connectivity index (χ1) is 13.6. The molecule has 1 unspecified atom stereocenters. The molecule has 1 aliphatic heterocycles. The minimum atomic E-state index is -5.74. The molecule has 4 aliphatic carbocycles. The van der Waals surface area contributed by atoms with Crippen LogP contribution in [-0.4, -0.2) is 29.4 Å². The summed E-state index contributed by atoms with van der Waals surface area (Å²) < 4.78 is 71.2. The van der Waals surface area contributed by atoms with Crippen molar-refractivity contribution in [3.05, 3.63) is 29.8 Å². The predicted molar refractivity (Wildman–Crippen MR) is 88.7 cm³/mol. The van der Waals surface area contributed by atoms with E-state index in [1.807, 2.05) is 0 Å². The number of ether oxygens (including phenoxy) is 1. The Balaban J connectivity index is 1.55. The van der Waals surface area contributed by atoms with Crippen LogP contribution in [0.3, 0.4) is 0 Å². The summed E-state index contributed by atoms with van der Waals surface area (Å²) in [6.45, 7) is -1.89. The van der Waals surface area contributed by atoms with Gasteiger partial charge in [-0.15, -0.1) is 0 Å². The van der Waals surface area contributed by atoms with Crippen molar-refractivity contribution < 1.29 is 41.6 Å². The van der Waals surface area contributed by atoms with E-state index in [1.54, 1.807) is 0 Å². The fraction of sp³-hybridized carbons (Fsp3) is 0.700. The molecule has 0 aromatic heterocycles. The summed E-state index contributed by atoms with van der Waals surface area (Å²) in [5.74, 6) is -6.23. The van der Waals surface area contributed by atoms with Crippen LogP contribution in [0.15, 0.2) is 24.3 Å². The number of hydrogen-bond donors (Lipinski definition) is 1. The first-order valence-electron chi connectivity index (χ1n) is 9.82. The molecule has 5 aliphatic rings. The molecular formula is C20H21F5O4. The zero-order valence-electron chi connectivity index (χ0n) is 15.4. The molecule has 29 heavy (non-hydrogen) atoms. The number of rotatable bonds is 4. The van der Waals surface area contributed by atoms with E-state index in [4.69, 9.17) is 14.5 Å². The Labute approximate surface area is 163 Å². The lowest BCUT2D eigenvalue weighted by Crippen LogP contribution is -2.77. The molecule has 4 nitrogen and oxygen atoms in total. The zero-order chi connectivity index (χ0) is 20.7. The number of halogens is 5. The van der Waals surface area contributed by atoms with E-state index in [-0.39, 0.29) is 23.1 Å². The Morgan fingerprint density at radius 2 is 1.59 bits per heavy atom. The van der Waals surface area contributed by atoms with Gasteiger partial charge >= 0.3 is 12.1 Å². The molecule has 5 fully saturated rings. The molecule has 4 saturated carbocycles. The van der Waals surface area contributed by atoms with Crippen LogP contribution in [0.1, 0.15) is 37.7 Å². The largest absolute Gasteiger partial charge is 0.508 e. The molecule has 1 atom stereocenters. The van der Waals surface area contributed by atoms with Crippen molar-refractivity contribution in [1.29, 1.82) is 0 Å². The molecule has 1 spiro atoms. The molecule has 9 heteroatoms. The lowest BCUT2D eigenvalue weighted by molar-refractivity contribution is -0.650. The summed E-state index contributed by atoms with van der Waals surface area (Å²) in [6, 6.07) is 5.63. The van der Waals surface area contributed by atoms with Gasteiger partial charge in [0.15, 0.2) is 5.60 Å². The molecule has 1 heterocycles. The van der Waals surface area contributed by atoms with Gasteiger partial charge < -0.3 is 9.84 Å². The topological polar surface area (TPSA) is 47.9 Å². The highest BCUT2D eigenvalue weighted by Gasteiger charge is 2.77. The quantitative estimate of drug-likeness (QED) is 0.555. The zero-order valence-corrected chi connectivity index (χ0v) is 15.4. The molecule has 1 aromatic rings. The van der Waals surface area contributed by atoms with Crippen molar-refractivity contribution >= 4 is 0 Å². The monoisotopic (exact) mass is 420 g/mol. The van der Waals surface area contributed by atoms with Crippen molar-refractivity contribution in [2.45, 2.75) is 55.6 Å². The van der Waals surface area contributed by atoms with Gasteiger partial charge in [0.25, 0.3) is 5.79 Å². The fourth-order valence-electron chi connectivity index (χ4n) is 6.25. The van der Waals surface area contributed by atoms with Crippen molar-refractivity contribution in [2.75, 3.05) is 6.61 Å². The summed E-state index contributed by atoms with van der Waals surface area (Å²) in [6.07, 6.45) is -1.41. The van der Waals surface area contributed by atoms with Gasteiger partial charge in [-0.25, -0.2) is 4.89 Å². The molecule has 1 saturated heterocycles. The second-order valence-corrected chi connectivity index (χ2v) is 8.92. The summed E-state index contributed by atoms with van der Waals surface area (Å²) in [7, 11) is 0. The number of benzene rings is 1. The lowest BCUT2D eigenvalue weighted by atomic mass is 9.47. The van der Waals surface area contributed by atoms with Crippen LogP contribution in [0.4, 0.5) is 22.0 Å². The highest BCUT2D eigenvalue weighted by atomic mass is 19.4. The van der Waals surface area contributed by atoms with Crippen LogP contribution in [-0.2, 0) is 20.3 Å². The second-order valence-electron chi connectivity index (χ2n) is 8.92. The molecule has 1 aromatic carbocycles. The molecule has 4 bridgehead atoms. The number of phenols is 1. The van der Waals surface area contributed by atoms with Gasteiger partial charge in [-0.1, -0.05) is 12.1 Å². The first kappa shape index (κ1) is 19.5. The van der Waals surface area contributed by atoms with Gasteiger partial charge in [-0.05, 0) is 67.9 Å². The third-order valence-corrected chi connectivity index (χ3v) is 7.26. The summed E-state index contributed by atoms with van der Waals surface area (Å²) in [4.78, 5) is 10.9. The Kier molecular flexibility index (Phi) is 4.07. The highest BCUT2D eigenvalue weighted by Crippen LogP contribution is 2.69. The van der Waals surface area contributed by atoms with E-state index in [2.05, 4.69) is 0 Å². The normalized spacial score (nSPS) is 41.0. The molecule has 1 N–H and O–H groups in total. The Hall–Kier alpha value is -1.45. The smallest absolute Gasteiger partial charge is 0.455 e. The first-order valence-corrected chi connectivity index (χ1v) is 9.82. The van der Waals surface area contributed by atoms with Crippen LogP contribution in [0.2, 0.25) is 0 Å². The van der Waals surface area contributed by atoms with Gasteiger partial charge in [0.05, 0.1) is 0 Å². The van der Waals surface area contributed by atoms with Gasteiger partial charge in [0.2, 0.25) is 0 Å². The van der Waals surface area contributed by atoms with Crippen LogP contribution in [0.25, 0.3) is 0 Å². The van der Waals surface area contributed by atoms with E-state index in [0.717, 1.165) is 32.1 Å². The maximum absolute atomic E-state index is 13.7. The van der Waals surface area contributed by atoms with Crippen LogP contribution in [0.5, 0.6) is 5.75 Å². The molecule has 0 amide bonds. The van der Waals surface area contributed by atoms with Crippen molar-refractivity contribution in [3.8, 4) is 5.75 Å². The van der Waals surface area contributed by atoms with Gasteiger partial charge in [0, 0.05) is 5.56 Å². The Morgan fingerprint density at radius 1 is 0.966 bits per heavy atom. The molecular weight excluding hydrogens is 399 g/mol. The van der Waals surface area contributed by atoms with Crippen LogP contribution < -0.4 is 0 Å². The maximum atomic E-state index is 13.7. The van der Waals surface area contributed by atoms with E-state index >= 15 is 0 Å². The Bertz CT molecular complexity index is 782. The second kappa shape index (κ2) is 6.04.